The number of nitrogens with one attached hydrogen (secondary N) is 1. The van der Waals surface area contributed by atoms with E-state index in [1.54, 1.807) is 6.07 Å². The van der Waals surface area contributed by atoms with Crippen molar-refractivity contribution in [2.24, 2.45) is 0 Å². The van der Waals surface area contributed by atoms with E-state index in [1.165, 1.54) is 6.07 Å². The Hall–Kier alpha value is -2.34. The van der Waals surface area contributed by atoms with Crippen molar-refractivity contribution in [2.75, 3.05) is 5.32 Å². The molecule has 2 nitrogen and oxygen atoms in total. The Morgan fingerprint density at radius 3 is 2.63 bits per heavy atom. The molecule has 2 aromatic rings. The average molecular weight is 252 g/mol. The van der Waals surface area contributed by atoms with Gasteiger partial charge in [0, 0.05) is 5.69 Å². The van der Waals surface area contributed by atoms with E-state index in [4.69, 9.17) is 0 Å². The van der Waals surface area contributed by atoms with Gasteiger partial charge in [-0.15, -0.1) is 0 Å². The largest absolute Gasteiger partial charge is 0.364 e. The van der Waals surface area contributed by atoms with Gasteiger partial charge in [0.1, 0.15) is 5.82 Å². The quantitative estimate of drug-likeness (QED) is 0.886. The molecule has 1 aliphatic carbocycles. The van der Waals surface area contributed by atoms with Crippen LogP contribution in [0, 0.1) is 17.1 Å². The van der Waals surface area contributed by atoms with Crippen LogP contribution in [0.1, 0.15) is 17.5 Å². The second-order valence-electron chi connectivity index (χ2n) is 4.77. The molecule has 2 aromatic carbocycles. The fraction of sp³-hybridized carbons (Fsp3) is 0.188. The van der Waals surface area contributed by atoms with Gasteiger partial charge in [0.25, 0.3) is 0 Å². The molecular weight excluding hydrogens is 239 g/mol. The molecule has 0 saturated carbocycles. The minimum Gasteiger partial charge on any atom is -0.364 e. The molecule has 0 aliphatic heterocycles. The summed E-state index contributed by atoms with van der Waals surface area (Å²) in [7, 11) is 0. The highest BCUT2D eigenvalue weighted by molar-refractivity contribution is 5.55. The first-order chi connectivity index (χ1) is 9.25. The van der Waals surface area contributed by atoms with Crippen LogP contribution in [0.3, 0.4) is 0 Å². The molecule has 0 fully saturated rings. The summed E-state index contributed by atoms with van der Waals surface area (Å²) in [5, 5.41) is 12.8. The van der Waals surface area contributed by atoms with Crippen molar-refractivity contribution in [1.82, 2.24) is 0 Å². The lowest BCUT2D eigenvalue weighted by atomic mass is 9.93. The Bertz CT molecular complexity index is 646. The maximum Gasteiger partial charge on any atom is 0.151 e. The van der Waals surface area contributed by atoms with E-state index >= 15 is 0 Å². The molecule has 3 heteroatoms. The van der Waals surface area contributed by atoms with Gasteiger partial charge in [-0.1, -0.05) is 30.3 Å². The zero-order chi connectivity index (χ0) is 13.3. The van der Waals surface area contributed by atoms with Crippen molar-refractivity contribution in [3.8, 4) is 6.07 Å². The number of halogens is 1. The van der Waals surface area contributed by atoms with Gasteiger partial charge in [0.2, 0.25) is 0 Å². The summed E-state index contributed by atoms with van der Waals surface area (Å²) in [5.41, 5.74) is 1.48. The Labute approximate surface area is 111 Å². The number of benzene rings is 2. The van der Waals surface area contributed by atoms with Gasteiger partial charge in [0.15, 0.2) is 5.54 Å². The molecule has 19 heavy (non-hydrogen) atoms. The van der Waals surface area contributed by atoms with Gasteiger partial charge in [-0.2, -0.15) is 5.26 Å². The lowest BCUT2D eigenvalue weighted by molar-refractivity contribution is 0.609. The van der Waals surface area contributed by atoms with E-state index < -0.39 is 5.54 Å². The summed E-state index contributed by atoms with van der Waals surface area (Å²) < 4.78 is 13.8. The van der Waals surface area contributed by atoms with Crippen LogP contribution in [0.4, 0.5) is 10.1 Å². The summed E-state index contributed by atoms with van der Waals surface area (Å²) in [6.07, 6.45) is 1.18. The lowest BCUT2D eigenvalue weighted by Crippen LogP contribution is -2.31. The Balaban J connectivity index is 2.04. The van der Waals surface area contributed by atoms with Crippen LogP contribution < -0.4 is 5.32 Å². The molecule has 0 bridgehead atoms. The third-order valence-electron chi connectivity index (χ3n) is 3.65. The minimum atomic E-state index is -0.821. The maximum absolute atomic E-state index is 13.8. The minimum absolute atomic E-state index is 0.218. The number of rotatable bonds is 2. The number of para-hydroxylation sites is 1. The van der Waals surface area contributed by atoms with Gasteiger partial charge in [-0.05, 0) is 42.2 Å². The summed E-state index contributed by atoms with van der Waals surface area (Å²) in [4.78, 5) is 0. The van der Waals surface area contributed by atoms with Crippen molar-refractivity contribution in [3.63, 3.8) is 0 Å². The van der Waals surface area contributed by atoms with E-state index in [1.807, 2.05) is 36.4 Å². The topological polar surface area (TPSA) is 35.8 Å². The zero-order valence-corrected chi connectivity index (χ0v) is 10.4. The number of hydrogen-bond donors (Lipinski definition) is 1. The van der Waals surface area contributed by atoms with Gasteiger partial charge < -0.3 is 5.32 Å². The van der Waals surface area contributed by atoms with Crippen LogP contribution in [0.15, 0.2) is 48.5 Å². The third kappa shape index (κ3) is 1.86. The first-order valence-electron chi connectivity index (χ1n) is 6.27. The molecule has 0 radical (unpaired) electrons. The number of hydrogen-bond acceptors (Lipinski definition) is 2. The first-order valence-corrected chi connectivity index (χ1v) is 6.27. The molecule has 1 N–H and O–H groups in total. The molecule has 0 saturated heterocycles. The Kier molecular flexibility index (Phi) is 2.72. The van der Waals surface area contributed by atoms with E-state index in [-0.39, 0.29) is 5.82 Å². The van der Waals surface area contributed by atoms with Crippen LogP contribution in [-0.2, 0) is 12.0 Å². The van der Waals surface area contributed by atoms with Gasteiger partial charge in [-0.25, -0.2) is 4.39 Å². The van der Waals surface area contributed by atoms with Crippen LogP contribution in [0.2, 0.25) is 0 Å². The predicted molar refractivity (Wildman–Crippen MR) is 72.1 cm³/mol. The van der Waals surface area contributed by atoms with E-state index in [9.17, 15) is 9.65 Å². The monoisotopic (exact) mass is 252 g/mol. The van der Waals surface area contributed by atoms with Crippen LogP contribution in [0.5, 0.6) is 0 Å². The first kappa shape index (κ1) is 11.7. The van der Waals surface area contributed by atoms with E-state index in [2.05, 4.69) is 11.4 Å². The molecule has 0 heterocycles. The van der Waals surface area contributed by atoms with Crippen LogP contribution >= 0.6 is 0 Å². The molecule has 0 amide bonds. The second-order valence-corrected chi connectivity index (χ2v) is 4.77. The molecule has 1 unspecified atom stereocenters. The molecule has 3 rings (SSSR count). The van der Waals surface area contributed by atoms with Crippen molar-refractivity contribution in [3.05, 3.63) is 65.5 Å². The Morgan fingerprint density at radius 1 is 1.11 bits per heavy atom. The highest BCUT2D eigenvalue weighted by Gasteiger charge is 2.40. The van der Waals surface area contributed by atoms with Crippen LogP contribution in [0.25, 0.3) is 0 Å². The van der Waals surface area contributed by atoms with E-state index in [0.717, 1.165) is 11.3 Å². The molecular formula is C16H13FN2. The number of nitriles is 1. The van der Waals surface area contributed by atoms with Crippen molar-refractivity contribution < 1.29 is 4.39 Å². The SMILES string of the molecule is N#CC1(Nc2ccccc2)CCc2c(F)cccc21. The Morgan fingerprint density at radius 2 is 1.89 bits per heavy atom. The second kappa shape index (κ2) is 4.40. The molecule has 0 spiro atoms. The highest BCUT2D eigenvalue weighted by atomic mass is 19.1. The number of nitrogens with zero attached hydrogens (tertiary/aromatic N) is 1. The smallest absolute Gasteiger partial charge is 0.151 e. The normalized spacial score (nSPS) is 20.6. The van der Waals surface area contributed by atoms with Gasteiger partial charge >= 0.3 is 0 Å². The maximum atomic E-state index is 13.8. The summed E-state index contributed by atoms with van der Waals surface area (Å²) >= 11 is 0. The molecule has 1 aliphatic rings. The van der Waals surface area contributed by atoms with Crippen LogP contribution in [-0.4, -0.2) is 0 Å². The summed E-state index contributed by atoms with van der Waals surface area (Å²) in [6.45, 7) is 0. The van der Waals surface area contributed by atoms with Crippen molar-refractivity contribution in [1.29, 1.82) is 5.26 Å². The number of fused-ring (bicyclic) bond motifs is 1. The fourth-order valence-electron chi connectivity index (χ4n) is 2.70. The molecule has 1 atom stereocenters. The van der Waals surface area contributed by atoms with Crippen molar-refractivity contribution >= 4 is 5.69 Å². The van der Waals surface area contributed by atoms with Gasteiger partial charge in [-0.3, -0.25) is 0 Å². The summed E-state index contributed by atoms with van der Waals surface area (Å²) in [6, 6.07) is 16.9. The predicted octanol–water partition coefficient (Wildman–Crippen LogP) is 3.60. The third-order valence-corrected chi connectivity index (χ3v) is 3.65. The zero-order valence-electron chi connectivity index (χ0n) is 10.4. The molecule has 0 aromatic heterocycles. The standard InChI is InChI=1S/C16H13FN2/c17-15-8-4-7-14-13(15)9-10-16(14,11-18)19-12-5-2-1-3-6-12/h1-8,19H,9-10H2. The average Bonchev–Trinajstić information content (AvgIpc) is 2.81. The van der Waals surface area contributed by atoms with Crippen molar-refractivity contribution in [2.45, 2.75) is 18.4 Å². The lowest BCUT2D eigenvalue weighted by Gasteiger charge is -2.25. The fourth-order valence-corrected chi connectivity index (χ4v) is 2.70. The van der Waals surface area contributed by atoms with E-state index in [0.29, 0.717) is 18.4 Å². The number of anilines is 1. The molecule has 94 valence electrons. The summed E-state index contributed by atoms with van der Waals surface area (Å²) in [5.74, 6) is -0.218. The van der Waals surface area contributed by atoms with Gasteiger partial charge in [0.05, 0.1) is 6.07 Å². The highest BCUT2D eigenvalue weighted by Crippen LogP contribution is 2.40.